The van der Waals surface area contributed by atoms with Crippen molar-refractivity contribution in [2.45, 2.75) is 12.8 Å². The van der Waals surface area contributed by atoms with Crippen LogP contribution in [0.15, 0.2) is 12.1 Å². The van der Waals surface area contributed by atoms with E-state index in [9.17, 15) is 19.3 Å². The normalized spacial score (nSPS) is 16.4. The molecule has 19 heavy (non-hydrogen) atoms. The Balaban J connectivity index is 2.31. The third kappa shape index (κ3) is 3.02. The molecule has 0 saturated carbocycles. The second-order valence-corrected chi connectivity index (χ2v) is 5.63. The smallest absolute Gasteiger partial charge is 0.293 e. The molecular formula is C12H12FIN2O3. The highest BCUT2D eigenvalue weighted by Gasteiger charge is 2.26. The Kier molecular flexibility index (Phi) is 4.33. The molecule has 0 atom stereocenters. The molecular weight excluding hydrogens is 366 g/mol. The van der Waals surface area contributed by atoms with Gasteiger partial charge in [0.15, 0.2) is 0 Å². The summed E-state index contributed by atoms with van der Waals surface area (Å²) in [5.41, 5.74) is 0.211. The van der Waals surface area contributed by atoms with Crippen LogP contribution in [0.3, 0.4) is 0 Å². The number of nitro benzene ring substituents is 1. The van der Waals surface area contributed by atoms with Crippen LogP contribution in [0.2, 0.25) is 0 Å². The highest BCUT2D eigenvalue weighted by atomic mass is 127. The lowest BCUT2D eigenvalue weighted by molar-refractivity contribution is -0.384. The molecule has 1 saturated heterocycles. The molecule has 0 bridgehead atoms. The fourth-order valence-electron chi connectivity index (χ4n) is 2.20. The van der Waals surface area contributed by atoms with E-state index in [0.717, 1.165) is 6.29 Å². The number of anilines is 1. The van der Waals surface area contributed by atoms with Crippen LogP contribution in [0.4, 0.5) is 15.8 Å². The molecule has 0 aliphatic carbocycles. The maximum atomic E-state index is 13.6. The van der Waals surface area contributed by atoms with Gasteiger partial charge in [-0.15, -0.1) is 0 Å². The minimum Gasteiger partial charge on any atom is -0.366 e. The Morgan fingerprint density at radius 1 is 1.42 bits per heavy atom. The summed E-state index contributed by atoms with van der Waals surface area (Å²) in [4.78, 5) is 23.0. The number of piperidine rings is 1. The molecule has 0 amide bonds. The molecule has 1 heterocycles. The van der Waals surface area contributed by atoms with Gasteiger partial charge in [-0.3, -0.25) is 10.1 Å². The number of rotatable bonds is 3. The van der Waals surface area contributed by atoms with Crippen LogP contribution in [0.5, 0.6) is 0 Å². The van der Waals surface area contributed by atoms with Gasteiger partial charge < -0.3 is 9.69 Å². The van der Waals surface area contributed by atoms with Crippen molar-refractivity contribution in [3.05, 3.63) is 31.6 Å². The van der Waals surface area contributed by atoms with Crippen molar-refractivity contribution in [3.8, 4) is 0 Å². The molecule has 1 aromatic rings. The summed E-state index contributed by atoms with van der Waals surface area (Å²) in [6.45, 7) is 1.06. The minimum absolute atomic E-state index is 0.00371. The van der Waals surface area contributed by atoms with Gasteiger partial charge in [-0.25, -0.2) is 4.39 Å². The van der Waals surface area contributed by atoms with Crippen molar-refractivity contribution in [3.63, 3.8) is 0 Å². The Labute approximate surface area is 123 Å². The van der Waals surface area contributed by atoms with Crippen molar-refractivity contribution in [2.75, 3.05) is 18.0 Å². The van der Waals surface area contributed by atoms with E-state index in [1.165, 1.54) is 12.1 Å². The molecule has 0 radical (unpaired) electrons. The third-order valence-corrected chi connectivity index (χ3v) is 4.11. The number of benzene rings is 1. The van der Waals surface area contributed by atoms with Crippen LogP contribution < -0.4 is 4.90 Å². The summed E-state index contributed by atoms with van der Waals surface area (Å²) >= 11 is 1.74. The van der Waals surface area contributed by atoms with E-state index in [-0.39, 0.29) is 15.2 Å². The van der Waals surface area contributed by atoms with Gasteiger partial charge in [0.25, 0.3) is 5.69 Å². The maximum Gasteiger partial charge on any atom is 0.293 e. The number of nitrogens with zero attached hydrogens (tertiary/aromatic N) is 2. The lowest BCUT2D eigenvalue weighted by atomic mass is 9.98. The fourth-order valence-corrected chi connectivity index (χ4v) is 2.65. The van der Waals surface area contributed by atoms with E-state index in [1.54, 1.807) is 27.5 Å². The van der Waals surface area contributed by atoms with E-state index in [1.807, 2.05) is 0 Å². The van der Waals surface area contributed by atoms with Crippen molar-refractivity contribution in [2.24, 2.45) is 5.92 Å². The topological polar surface area (TPSA) is 63.5 Å². The highest BCUT2D eigenvalue weighted by molar-refractivity contribution is 14.1. The molecule has 7 heteroatoms. The molecule has 0 N–H and O–H groups in total. The predicted octanol–water partition coefficient (Wildman–Crippen LogP) is 2.75. The summed E-state index contributed by atoms with van der Waals surface area (Å²) in [5, 5.41) is 11.0. The largest absolute Gasteiger partial charge is 0.366 e. The number of nitro groups is 1. The number of hydrogen-bond acceptors (Lipinski definition) is 4. The predicted molar refractivity (Wildman–Crippen MR) is 76.8 cm³/mol. The van der Waals surface area contributed by atoms with Gasteiger partial charge >= 0.3 is 0 Å². The van der Waals surface area contributed by atoms with Gasteiger partial charge in [0.1, 0.15) is 17.8 Å². The van der Waals surface area contributed by atoms with E-state index in [2.05, 4.69) is 0 Å². The molecule has 1 aromatic carbocycles. The van der Waals surface area contributed by atoms with Crippen molar-refractivity contribution in [1.82, 2.24) is 0 Å². The Morgan fingerprint density at radius 2 is 2.05 bits per heavy atom. The zero-order valence-electron chi connectivity index (χ0n) is 10.0. The van der Waals surface area contributed by atoms with E-state index < -0.39 is 10.7 Å². The quantitative estimate of drug-likeness (QED) is 0.351. The van der Waals surface area contributed by atoms with Gasteiger partial charge in [-0.2, -0.15) is 0 Å². The first-order chi connectivity index (χ1) is 9.02. The molecule has 1 fully saturated rings. The number of carbonyl (C=O) groups excluding carboxylic acids is 1. The lowest BCUT2D eigenvalue weighted by Gasteiger charge is -2.31. The van der Waals surface area contributed by atoms with Gasteiger partial charge in [-0.1, -0.05) is 0 Å². The second-order valence-electron chi connectivity index (χ2n) is 4.47. The van der Waals surface area contributed by atoms with Crippen LogP contribution in [0.25, 0.3) is 0 Å². The first-order valence-electron chi connectivity index (χ1n) is 5.86. The number of halogens is 2. The standard InChI is InChI=1S/C12H12FIN2O3/c13-9-5-11(12(16(18)19)6-10(9)14)15-3-1-8(7-17)2-4-15/h5-8H,1-4H2. The van der Waals surface area contributed by atoms with Crippen LogP contribution >= 0.6 is 22.6 Å². The van der Waals surface area contributed by atoms with Gasteiger partial charge in [-0.05, 0) is 35.4 Å². The Bertz CT molecular complexity index is 516. The molecule has 5 nitrogen and oxygen atoms in total. The average Bonchev–Trinajstić information content (AvgIpc) is 2.41. The molecule has 0 aromatic heterocycles. The average molecular weight is 378 g/mol. The zero-order chi connectivity index (χ0) is 14.0. The summed E-state index contributed by atoms with van der Waals surface area (Å²) in [6.07, 6.45) is 2.21. The Morgan fingerprint density at radius 3 is 2.58 bits per heavy atom. The minimum atomic E-state index is -0.497. The van der Waals surface area contributed by atoms with Crippen molar-refractivity contribution < 1.29 is 14.1 Å². The molecule has 102 valence electrons. The van der Waals surface area contributed by atoms with Gasteiger partial charge in [0, 0.05) is 31.1 Å². The second kappa shape index (κ2) is 5.81. The monoisotopic (exact) mass is 378 g/mol. The van der Waals surface area contributed by atoms with Crippen LogP contribution in [-0.2, 0) is 4.79 Å². The zero-order valence-corrected chi connectivity index (χ0v) is 12.2. The first-order valence-corrected chi connectivity index (χ1v) is 6.94. The van der Waals surface area contributed by atoms with E-state index in [0.29, 0.717) is 31.6 Å². The maximum absolute atomic E-state index is 13.6. The SMILES string of the molecule is O=CC1CCN(c2cc(F)c(I)cc2[N+](=O)[O-])CC1. The summed E-state index contributed by atoms with van der Waals surface area (Å²) in [6, 6.07) is 2.46. The third-order valence-electron chi connectivity index (χ3n) is 3.29. The molecule has 0 unspecified atom stereocenters. The summed E-state index contributed by atoms with van der Waals surface area (Å²) in [7, 11) is 0. The van der Waals surface area contributed by atoms with E-state index >= 15 is 0 Å². The summed E-state index contributed by atoms with van der Waals surface area (Å²) in [5.74, 6) is -0.456. The fraction of sp³-hybridized carbons (Fsp3) is 0.417. The van der Waals surface area contributed by atoms with Crippen LogP contribution in [-0.4, -0.2) is 24.3 Å². The number of hydrogen-bond donors (Lipinski definition) is 0. The lowest BCUT2D eigenvalue weighted by Crippen LogP contribution is -2.34. The van der Waals surface area contributed by atoms with Gasteiger partial charge in [0.05, 0.1) is 8.49 Å². The summed E-state index contributed by atoms with van der Waals surface area (Å²) < 4.78 is 13.8. The molecule has 0 spiro atoms. The van der Waals surface area contributed by atoms with Crippen molar-refractivity contribution in [1.29, 1.82) is 0 Å². The highest BCUT2D eigenvalue weighted by Crippen LogP contribution is 2.33. The Hall–Kier alpha value is -1.25. The van der Waals surface area contributed by atoms with Gasteiger partial charge in [0.2, 0.25) is 0 Å². The number of carbonyl (C=O) groups is 1. The van der Waals surface area contributed by atoms with Crippen molar-refractivity contribution >= 4 is 40.3 Å². The molecule has 1 aliphatic heterocycles. The van der Waals surface area contributed by atoms with Crippen LogP contribution in [0, 0.1) is 25.4 Å². The molecule has 1 aliphatic rings. The first kappa shape index (κ1) is 14.2. The van der Waals surface area contributed by atoms with Crippen LogP contribution in [0.1, 0.15) is 12.8 Å². The number of aldehydes is 1. The molecule has 2 rings (SSSR count). The van der Waals surface area contributed by atoms with E-state index in [4.69, 9.17) is 0 Å².